The number of nitrogens with zero attached hydrogens (tertiary/aromatic N) is 5. The molecule has 0 unspecified atom stereocenters. The van der Waals surface area contributed by atoms with Gasteiger partial charge in [0.25, 0.3) is 5.91 Å². The first-order valence-electron chi connectivity index (χ1n) is 9.60. The summed E-state index contributed by atoms with van der Waals surface area (Å²) in [4.78, 5) is 32.1. The van der Waals surface area contributed by atoms with Crippen LogP contribution in [0.4, 0.5) is 11.6 Å². The molecule has 148 valence electrons. The summed E-state index contributed by atoms with van der Waals surface area (Å²) in [6, 6.07) is 7.54. The number of hydrogen-bond donors (Lipinski definition) is 1. The van der Waals surface area contributed by atoms with E-state index in [9.17, 15) is 4.79 Å². The van der Waals surface area contributed by atoms with Gasteiger partial charge in [-0.25, -0.2) is 15.0 Å². The average molecular weight is 388 g/mol. The van der Waals surface area contributed by atoms with Gasteiger partial charge in [-0.3, -0.25) is 9.78 Å². The molecular weight excluding hydrogens is 364 g/mol. The number of amides is 1. The topological polar surface area (TPSA) is 83.9 Å². The molecule has 0 saturated carbocycles. The number of aromatic nitrogens is 4. The predicted octanol–water partition coefficient (Wildman–Crippen LogP) is 3.78. The molecule has 7 heteroatoms. The molecule has 0 aromatic carbocycles. The quantitative estimate of drug-likeness (QED) is 0.732. The number of likely N-dealkylation sites (tertiary alicyclic amines) is 1. The highest BCUT2D eigenvalue weighted by molar-refractivity contribution is 5.97. The van der Waals surface area contributed by atoms with E-state index in [1.807, 2.05) is 36.9 Å². The van der Waals surface area contributed by atoms with Crippen LogP contribution in [-0.2, 0) is 0 Å². The Bertz CT molecular complexity index is 1070. The zero-order chi connectivity index (χ0) is 20.6. The van der Waals surface area contributed by atoms with Crippen LogP contribution in [0.15, 0.2) is 42.9 Å². The average Bonchev–Trinajstić information content (AvgIpc) is 2.66. The first kappa shape index (κ1) is 19.0. The first-order chi connectivity index (χ1) is 13.8. The fraction of sp³-hybridized carbons (Fsp3) is 0.318. The van der Waals surface area contributed by atoms with Crippen LogP contribution in [0.1, 0.15) is 35.7 Å². The molecule has 7 nitrogen and oxygen atoms in total. The third-order valence-electron chi connectivity index (χ3n) is 4.97. The lowest BCUT2D eigenvalue weighted by molar-refractivity contribution is 0.0235. The molecule has 3 aromatic heterocycles. The Morgan fingerprint density at radius 1 is 1.00 bits per heavy atom. The summed E-state index contributed by atoms with van der Waals surface area (Å²) >= 11 is 0. The molecule has 3 aromatic rings. The molecule has 1 fully saturated rings. The molecule has 0 atom stereocenters. The van der Waals surface area contributed by atoms with Gasteiger partial charge in [0.2, 0.25) is 0 Å². The normalized spacial score (nSPS) is 15.0. The fourth-order valence-corrected chi connectivity index (χ4v) is 3.54. The Morgan fingerprint density at radius 3 is 2.48 bits per heavy atom. The van der Waals surface area contributed by atoms with Crippen molar-refractivity contribution in [2.75, 3.05) is 18.4 Å². The molecule has 4 rings (SSSR count). The standard InChI is InChI=1S/C22H24N6O/c1-14-18(21(29)28-12-22(3,4)13-28)9-17(11-25-14)16-5-7-24-20(10-16)27-19-6-8-23-15(2)26-19/h5-11H,12-13H2,1-4H3,(H,23,24,26,27). The third-order valence-corrected chi connectivity index (χ3v) is 4.97. The summed E-state index contributed by atoms with van der Waals surface area (Å²) < 4.78 is 0. The molecular formula is C22H24N6O. The smallest absolute Gasteiger partial charge is 0.255 e. The minimum absolute atomic E-state index is 0.0417. The number of aryl methyl sites for hydroxylation is 2. The molecule has 1 amide bonds. The van der Waals surface area contributed by atoms with Gasteiger partial charge < -0.3 is 10.2 Å². The van der Waals surface area contributed by atoms with Gasteiger partial charge in [-0.1, -0.05) is 13.8 Å². The summed E-state index contributed by atoms with van der Waals surface area (Å²) in [6.45, 7) is 9.60. The number of rotatable bonds is 4. The Labute approximate surface area is 170 Å². The van der Waals surface area contributed by atoms with E-state index in [4.69, 9.17) is 0 Å². The number of anilines is 2. The van der Waals surface area contributed by atoms with Crippen molar-refractivity contribution < 1.29 is 4.79 Å². The lowest BCUT2D eigenvalue weighted by Crippen LogP contribution is -2.55. The molecule has 1 saturated heterocycles. The monoisotopic (exact) mass is 388 g/mol. The van der Waals surface area contributed by atoms with Crippen LogP contribution in [0.5, 0.6) is 0 Å². The molecule has 1 aliphatic rings. The van der Waals surface area contributed by atoms with Gasteiger partial charge in [-0.2, -0.15) is 0 Å². The van der Waals surface area contributed by atoms with Crippen LogP contribution < -0.4 is 5.32 Å². The second kappa shape index (κ2) is 7.24. The van der Waals surface area contributed by atoms with E-state index < -0.39 is 0 Å². The van der Waals surface area contributed by atoms with Gasteiger partial charge in [-0.05, 0) is 49.1 Å². The first-order valence-corrected chi connectivity index (χ1v) is 9.60. The Hall–Kier alpha value is -3.35. The molecule has 0 spiro atoms. The van der Waals surface area contributed by atoms with Crippen molar-refractivity contribution in [1.29, 1.82) is 0 Å². The van der Waals surface area contributed by atoms with Crippen LogP contribution in [0.25, 0.3) is 11.1 Å². The highest BCUT2D eigenvalue weighted by Crippen LogP contribution is 2.31. The van der Waals surface area contributed by atoms with E-state index >= 15 is 0 Å². The summed E-state index contributed by atoms with van der Waals surface area (Å²) in [7, 11) is 0. The minimum Gasteiger partial charge on any atom is -0.337 e. The van der Waals surface area contributed by atoms with Crippen LogP contribution in [0, 0.1) is 19.3 Å². The maximum atomic E-state index is 12.9. The number of nitrogens with one attached hydrogen (secondary N) is 1. The molecule has 1 aliphatic heterocycles. The summed E-state index contributed by atoms with van der Waals surface area (Å²) in [6.07, 6.45) is 5.22. The van der Waals surface area contributed by atoms with Crippen molar-refractivity contribution >= 4 is 17.5 Å². The number of hydrogen-bond acceptors (Lipinski definition) is 6. The van der Waals surface area contributed by atoms with Gasteiger partial charge in [0, 0.05) is 37.2 Å². The van der Waals surface area contributed by atoms with Crippen LogP contribution in [0.2, 0.25) is 0 Å². The van der Waals surface area contributed by atoms with Gasteiger partial charge >= 0.3 is 0 Å². The van der Waals surface area contributed by atoms with Crippen molar-refractivity contribution in [3.63, 3.8) is 0 Å². The lowest BCUT2D eigenvalue weighted by atomic mass is 9.84. The second-order valence-electron chi connectivity index (χ2n) is 8.23. The SMILES string of the molecule is Cc1nccc(Nc2cc(-c3cnc(C)c(C(=O)N4CC(C)(C)C4)c3)ccn2)n1. The van der Waals surface area contributed by atoms with Crippen molar-refractivity contribution in [3.05, 3.63) is 59.9 Å². The summed E-state index contributed by atoms with van der Waals surface area (Å²) in [5, 5.41) is 3.19. The fourth-order valence-electron chi connectivity index (χ4n) is 3.54. The summed E-state index contributed by atoms with van der Waals surface area (Å²) in [5.74, 6) is 2.07. The zero-order valence-corrected chi connectivity index (χ0v) is 17.1. The van der Waals surface area contributed by atoms with E-state index in [1.165, 1.54) is 0 Å². The van der Waals surface area contributed by atoms with Crippen molar-refractivity contribution in [3.8, 4) is 11.1 Å². The second-order valence-corrected chi connectivity index (χ2v) is 8.23. The molecule has 0 bridgehead atoms. The van der Waals surface area contributed by atoms with E-state index in [1.54, 1.807) is 24.7 Å². The van der Waals surface area contributed by atoms with Gasteiger partial charge in [-0.15, -0.1) is 0 Å². The minimum atomic E-state index is 0.0417. The molecule has 29 heavy (non-hydrogen) atoms. The molecule has 1 N–H and O–H groups in total. The zero-order valence-electron chi connectivity index (χ0n) is 17.1. The summed E-state index contributed by atoms with van der Waals surface area (Å²) in [5.41, 5.74) is 3.39. The van der Waals surface area contributed by atoms with E-state index in [0.717, 1.165) is 29.9 Å². The number of pyridine rings is 2. The molecule has 0 radical (unpaired) electrons. The van der Waals surface area contributed by atoms with Gasteiger partial charge in [0.1, 0.15) is 17.5 Å². The van der Waals surface area contributed by atoms with E-state index in [0.29, 0.717) is 23.0 Å². The van der Waals surface area contributed by atoms with E-state index in [2.05, 4.69) is 39.1 Å². The van der Waals surface area contributed by atoms with E-state index in [-0.39, 0.29) is 11.3 Å². The van der Waals surface area contributed by atoms with Crippen LogP contribution >= 0.6 is 0 Å². The Morgan fingerprint density at radius 2 is 1.76 bits per heavy atom. The maximum absolute atomic E-state index is 12.9. The van der Waals surface area contributed by atoms with Crippen molar-refractivity contribution in [1.82, 2.24) is 24.8 Å². The molecule has 0 aliphatic carbocycles. The molecule has 4 heterocycles. The highest BCUT2D eigenvalue weighted by Gasteiger charge is 2.38. The van der Waals surface area contributed by atoms with Gasteiger partial charge in [0.05, 0.1) is 11.3 Å². The van der Waals surface area contributed by atoms with Gasteiger partial charge in [0.15, 0.2) is 0 Å². The van der Waals surface area contributed by atoms with Crippen LogP contribution in [0.3, 0.4) is 0 Å². The largest absolute Gasteiger partial charge is 0.337 e. The Kier molecular flexibility index (Phi) is 4.74. The number of carbonyl (C=O) groups excluding carboxylic acids is 1. The van der Waals surface area contributed by atoms with Crippen molar-refractivity contribution in [2.45, 2.75) is 27.7 Å². The predicted molar refractivity (Wildman–Crippen MR) is 112 cm³/mol. The highest BCUT2D eigenvalue weighted by atomic mass is 16.2. The Balaban J connectivity index is 1.59. The maximum Gasteiger partial charge on any atom is 0.255 e. The lowest BCUT2D eigenvalue weighted by Gasteiger charge is -2.45. The third kappa shape index (κ3) is 4.08. The number of carbonyl (C=O) groups is 1. The van der Waals surface area contributed by atoms with Crippen molar-refractivity contribution in [2.24, 2.45) is 5.41 Å². The van der Waals surface area contributed by atoms with Crippen LogP contribution in [-0.4, -0.2) is 43.8 Å².